The molecular weight excluding hydrogens is 270 g/mol. The lowest BCUT2D eigenvalue weighted by molar-refractivity contribution is -0.134. The molecule has 108 valence electrons. The van der Waals surface area contributed by atoms with E-state index in [4.69, 9.17) is 0 Å². The number of carbonyl (C=O) groups is 1. The number of aromatic nitrogens is 2. The SMILES string of the molecule is O=C(CCc1cnccn1)N1CCS[C@H]2CCCC[C@@H]21. The molecule has 1 aromatic heterocycles. The van der Waals surface area contributed by atoms with Gasteiger partial charge >= 0.3 is 0 Å². The minimum absolute atomic E-state index is 0.299. The Balaban J connectivity index is 1.58. The van der Waals surface area contributed by atoms with Crippen LogP contribution in [-0.4, -0.2) is 44.4 Å². The summed E-state index contributed by atoms with van der Waals surface area (Å²) in [5.41, 5.74) is 0.910. The minimum Gasteiger partial charge on any atom is -0.338 e. The number of rotatable bonds is 3. The van der Waals surface area contributed by atoms with E-state index < -0.39 is 0 Å². The van der Waals surface area contributed by atoms with E-state index in [0.29, 0.717) is 30.0 Å². The average Bonchev–Trinajstić information content (AvgIpc) is 2.53. The normalized spacial score (nSPS) is 26.1. The summed E-state index contributed by atoms with van der Waals surface area (Å²) in [4.78, 5) is 22.9. The Morgan fingerprint density at radius 1 is 1.35 bits per heavy atom. The molecule has 1 saturated carbocycles. The third-order valence-electron chi connectivity index (χ3n) is 4.26. The molecule has 1 aliphatic carbocycles. The number of fused-ring (bicyclic) bond motifs is 1. The van der Waals surface area contributed by atoms with Crippen LogP contribution in [0.3, 0.4) is 0 Å². The Bertz CT molecular complexity index is 452. The molecule has 5 heteroatoms. The second-order valence-electron chi connectivity index (χ2n) is 5.54. The van der Waals surface area contributed by atoms with Gasteiger partial charge in [0.1, 0.15) is 0 Å². The quantitative estimate of drug-likeness (QED) is 0.857. The topological polar surface area (TPSA) is 46.1 Å². The van der Waals surface area contributed by atoms with Crippen LogP contribution in [-0.2, 0) is 11.2 Å². The molecule has 0 aromatic carbocycles. The third kappa shape index (κ3) is 3.14. The lowest BCUT2D eigenvalue weighted by Crippen LogP contribution is -2.51. The third-order valence-corrected chi connectivity index (χ3v) is 5.66. The van der Waals surface area contributed by atoms with Gasteiger partial charge in [0, 0.05) is 48.6 Å². The fourth-order valence-corrected chi connectivity index (χ4v) is 4.69. The van der Waals surface area contributed by atoms with Crippen LogP contribution in [0.15, 0.2) is 18.6 Å². The summed E-state index contributed by atoms with van der Waals surface area (Å²) in [6.07, 6.45) is 11.4. The Kier molecular flexibility index (Phi) is 4.55. The number of thioether (sulfide) groups is 1. The zero-order chi connectivity index (χ0) is 13.8. The molecule has 0 bridgehead atoms. The number of hydrogen-bond acceptors (Lipinski definition) is 4. The highest BCUT2D eigenvalue weighted by Gasteiger charge is 2.35. The summed E-state index contributed by atoms with van der Waals surface area (Å²) in [5.74, 6) is 1.39. The van der Waals surface area contributed by atoms with Crippen molar-refractivity contribution < 1.29 is 4.79 Å². The molecule has 0 spiro atoms. The molecule has 2 heterocycles. The van der Waals surface area contributed by atoms with Crippen LogP contribution in [0.25, 0.3) is 0 Å². The van der Waals surface area contributed by atoms with Crippen molar-refractivity contribution in [3.05, 3.63) is 24.3 Å². The standard InChI is InChI=1S/C15H21N3OS/c19-15(6-5-12-11-16-7-8-17-12)18-9-10-20-14-4-2-1-3-13(14)18/h7-8,11,13-14H,1-6,9-10H2/t13-,14-/m0/s1. The van der Waals surface area contributed by atoms with Gasteiger partial charge in [-0.05, 0) is 19.3 Å². The summed E-state index contributed by atoms with van der Waals surface area (Å²) in [5, 5.41) is 0.679. The predicted octanol–water partition coefficient (Wildman–Crippen LogP) is 2.30. The largest absolute Gasteiger partial charge is 0.338 e. The van der Waals surface area contributed by atoms with E-state index in [1.807, 2.05) is 0 Å². The van der Waals surface area contributed by atoms with Gasteiger partial charge in [-0.3, -0.25) is 14.8 Å². The number of carbonyl (C=O) groups excluding carboxylic acids is 1. The van der Waals surface area contributed by atoms with Crippen molar-refractivity contribution in [3.63, 3.8) is 0 Å². The molecule has 1 amide bonds. The maximum Gasteiger partial charge on any atom is 0.223 e. The van der Waals surface area contributed by atoms with Gasteiger partial charge in [-0.25, -0.2) is 0 Å². The highest BCUT2D eigenvalue weighted by atomic mass is 32.2. The van der Waals surface area contributed by atoms with E-state index in [-0.39, 0.29) is 0 Å². The van der Waals surface area contributed by atoms with E-state index in [1.165, 1.54) is 25.7 Å². The van der Waals surface area contributed by atoms with E-state index in [9.17, 15) is 4.79 Å². The van der Waals surface area contributed by atoms with Crippen LogP contribution in [0, 0.1) is 0 Å². The highest BCUT2D eigenvalue weighted by molar-refractivity contribution is 8.00. The molecule has 1 aromatic rings. The van der Waals surface area contributed by atoms with Crippen LogP contribution < -0.4 is 0 Å². The first-order valence-corrected chi connectivity index (χ1v) is 8.55. The van der Waals surface area contributed by atoms with Gasteiger partial charge in [0.25, 0.3) is 0 Å². The van der Waals surface area contributed by atoms with Gasteiger partial charge in [-0.15, -0.1) is 0 Å². The molecule has 3 rings (SSSR count). The Hall–Kier alpha value is -1.10. The zero-order valence-corrected chi connectivity index (χ0v) is 12.5. The highest BCUT2D eigenvalue weighted by Crippen LogP contribution is 2.35. The molecule has 0 unspecified atom stereocenters. The van der Waals surface area contributed by atoms with E-state index in [0.717, 1.165) is 18.0 Å². The molecular formula is C15H21N3OS. The molecule has 4 nitrogen and oxygen atoms in total. The minimum atomic E-state index is 0.299. The Morgan fingerprint density at radius 2 is 2.25 bits per heavy atom. The van der Waals surface area contributed by atoms with E-state index >= 15 is 0 Å². The van der Waals surface area contributed by atoms with Gasteiger partial charge in [-0.1, -0.05) is 12.8 Å². The molecule has 0 N–H and O–H groups in total. The van der Waals surface area contributed by atoms with Crippen molar-refractivity contribution in [2.75, 3.05) is 12.3 Å². The molecule has 1 saturated heterocycles. The smallest absolute Gasteiger partial charge is 0.223 e. The summed E-state index contributed by atoms with van der Waals surface area (Å²) >= 11 is 2.07. The average molecular weight is 291 g/mol. The van der Waals surface area contributed by atoms with Crippen molar-refractivity contribution in [3.8, 4) is 0 Å². The summed E-state index contributed by atoms with van der Waals surface area (Å²) in [7, 11) is 0. The number of nitrogens with zero attached hydrogens (tertiary/aromatic N) is 3. The zero-order valence-electron chi connectivity index (χ0n) is 11.7. The Morgan fingerprint density at radius 3 is 3.10 bits per heavy atom. The summed E-state index contributed by atoms with van der Waals surface area (Å²) in [6, 6.07) is 0.483. The van der Waals surface area contributed by atoms with Gasteiger partial charge < -0.3 is 4.90 Å². The second-order valence-corrected chi connectivity index (χ2v) is 6.89. The van der Waals surface area contributed by atoms with Gasteiger partial charge in [0.05, 0.1) is 5.69 Å². The lowest BCUT2D eigenvalue weighted by atomic mass is 9.93. The number of aryl methyl sites for hydroxylation is 1. The lowest BCUT2D eigenvalue weighted by Gasteiger charge is -2.43. The number of amides is 1. The maximum absolute atomic E-state index is 12.5. The first-order valence-electron chi connectivity index (χ1n) is 7.50. The van der Waals surface area contributed by atoms with E-state index in [1.54, 1.807) is 18.6 Å². The molecule has 20 heavy (non-hydrogen) atoms. The van der Waals surface area contributed by atoms with Crippen LogP contribution in [0.4, 0.5) is 0 Å². The Labute approximate surface area is 124 Å². The molecule has 0 radical (unpaired) electrons. The van der Waals surface area contributed by atoms with Crippen LogP contribution >= 0.6 is 11.8 Å². The van der Waals surface area contributed by atoms with Crippen molar-refractivity contribution >= 4 is 17.7 Å². The fourth-order valence-electron chi connectivity index (χ4n) is 3.24. The van der Waals surface area contributed by atoms with Gasteiger partial charge in [0.2, 0.25) is 5.91 Å². The maximum atomic E-state index is 12.5. The molecule has 2 aliphatic rings. The van der Waals surface area contributed by atoms with Gasteiger partial charge in [-0.2, -0.15) is 11.8 Å². The van der Waals surface area contributed by atoms with Crippen LogP contribution in [0.1, 0.15) is 37.8 Å². The fraction of sp³-hybridized carbons (Fsp3) is 0.667. The number of hydrogen-bond donors (Lipinski definition) is 0. The summed E-state index contributed by atoms with van der Waals surface area (Å²) in [6.45, 7) is 0.922. The van der Waals surface area contributed by atoms with Crippen LogP contribution in [0.5, 0.6) is 0 Å². The van der Waals surface area contributed by atoms with E-state index in [2.05, 4.69) is 26.6 Å². The first kappa shape index (κ1) is 13.9. The first-order chi connectivity index (χ1) is 9.84. The monoisotopic (exact) mass is 291 g/mol. The predicted molar refractivity (Wildman–Crippen MR) is 80.6 cm³/mol. The van der Waals surface area contributed by atoms with Crippen molar-refractivity contribution in [2.24, 2.45) is 0 Å². The van der Waals surface area contributed by atoms with Gasteiger partial charge in [0.15, 0.2) is 0 Å². The second kappa shape index (κ2) is 6.57. The molecule has 2 atom stereocenters. The van der Waals surface area contributed by atoms with Crippen LogP contribution in [0.2, 0.25) is 0 Å². The molecule has 1 aliphatic heterocycles. The molecule has 2 fully saturated rings. The van der Waals surface area contributed by atoms with Crippen molar-refractivity contribution in [1.82, 2.24) is 14.9 Å². The summed E-state index contributed by atoms with van der Waals surface area (Å²) < 4.78 is 0. The van der Waals surface area contributed by atoms with Crippen molar-refractivity contribution in [2.45, 2.75) is 49.8 Å². The van der Waals surface area contributed by atoms with Crippen molar-refractivity contribution in [1.29, 1.82) is 0 Å².